The zero-order chi connectivity index (χ0) is 16.4. The second-order valence-corrected chi connectivity index (χ2v) is 6.04. The highest BCUT2D eigenvalue weighted by molar-refractivity contribution is 6.33. The number of aromatic nitrogens is 2. The van der Waals surface area contributed by atoms with Gasteiger partial charge in [-0.05, 0) is 37.5 Å². The van der Waals surface area contributed by atoms with Crippen LogP contribution in [0.5, 0.6) is 0 Å². The summed E-state index contributed by atoms with van der Waals surface area (Å²) in [5.41, 5.74) is 2.74. The second kappa shape index (κ2) is 6.42. The van der Waals surface area contributed by atoms with Crippen LogP contribution in [0.15, 0.2) is 24.3 Å². The molecule has 0 aliphatic heterocycles. The maximum atomic E-state index is 10.7. The second-order valence-electron chi connectivity index (χ2n) is 5.63. The van der Waals surface area contributed by atoms with E-state index in [4.69, 9.17) is 16.7 Å². The van der Waals surface area contributed by atoms with Crippen molar-refractivity contribution in [2.24, 2.45) is 0 Å². The number of carbonyl (C=O) groups is 1. The molecule has 120 valence electrons. The first-order valence-electron chi connectivity index (χ1n) is 7.39. The predicted molar refractivity (Wildman–Crippen MR) is 89.6 cm³/mol. The first-order chi connectivity index (χ1) is 11.0. The number of hydrogen-bond acceptors (Lipinski definition) is 5. The monoisotopic (exact) mass is 332 g/mol. The van der Waals surface area contributed by atoms with Crippen molar-refractivity contribution in [2.75, 3.05) is 17.2 Å². The van der Waals surface area contributed by atoms with Crippen molar-refractivity contribution in [2.45, 2.75) is 25.7 Å². The molecule has 1 saturated carbocycles. The number of aliphatic carboxylic acids is 1. The number of nitrogens with zero attached hydrogens (tertiary/aromatic N) is 2. The lowest BCUT2D eigenvalue weighted by molar-refractivity contribution is -0.134. The van der Waals surface area contributed by atoms with Gasteiger partial charge in [-0.2, -0.15) is 4.98 Å². The summed E-state index contributed by atoms with van der Waals surface area (Å²) in [5, 5.41) is 15.3. The molecule has 0 unspecified atom stereocenters. The third-order valence-electron chi connectivity index (χ3n) is 3.53. The van der Waals surface area contributed by atoms with E-state index in [0.717, 1.165) is 29.8 Å². The number of carboxylic acid groups (broad SMARTS) is 1. The molecule has 0 saturated heterocycles. The van der Waals surface area contributed by atoms with Gasteiger partial charge in [0.25, 0.3) is 0 Å². The average Bonchev–Trinajstić information content (AvgIpc) is 3.33. The van der Waals surface area contributed by atoms with Crippen molar-refractivity contribution in [3.63, 3.8) is 0 Å². The van der Waals surface area contributed by atoms with Gasteiger partial charge in [0.05, 0.1) is 16.4 Å². The Morgan fingerprint density at radius 1 is 1.35 bits per heavy atom. The van der Waals surface area contributed by atoms with Gasteiger partial charge in [-0.3, -0.25) is 4.79 Å². The molecule has 0 atom stereocenters. The number of carboxylic acids is 1. The van der Waals surface area contributed by atoms with E-state index in [-0.39, 0.29) is 6.54 Å². The van der Waals surface area contributed by atoms with Crippen LogP contribution in [0.4, 0.5) is 17.5 Å². The van der Waals surface area contributed by atoms with Crippen molar-refractivity contribution in [3.8, 4) is 0 Å². The molecule has 1 heterocycles. The molecule has 3 N–H and O–H groups in total. The van der Waals surface area contributed by atoms with Crippen LogP contribution in [0.2, 0.25) is 5.02 Å². The molecule has 23 heavy (non-hydrogen) atoms. The molecule has 2 aromatic rings. The van der Waals surface area contributed by atoms with Crippen LogP contribution >= 0.6 is 11.6 Å². The number of rotatable bonds is 6. The van der Waals surface area contributed by atoms with Crippen molar-refractivity contribution in [1.29, 1.82) is 0 Å². The number of aryl methyl sites for hydroxylation is 1. The van der Waals surface area contributed by atoms with E-state index in [0.29, 0.717) is 22.7 Å². The van der Waals surface area contributed by atoms with E-state index >= 15 is 0 Å². The first-order valence-corrected chi connectivity index (χ1v) is 7.77. The molecule has 3 rings (SSSR count). The lowest BCUT2D eigenvalue weighted by Crippen LogP contribution is -2.15. The van der Waals surface area contributed by atoms with Crippen LogP contribution < -0.4 is 10.6 Å². The van der Waals surface area contributed by atoms with Gasteiger partial charge in [0.15, 0.2) is 0 Å². The highest BCUT2D eigenvalue weighted by Gasteiger charge is 2.26. The average molecular weight is 333 g/mol. The van der Waals surface area contributed by atoms with E-state index in [1.54, 1.807) is 0 Å². The topological polar surface area (TPSA) is 87.1 Å². The molecule has 7 heteroatoms. The lowest BCUT2D eigenvalue weighted by Gasteiger charge is -2.11. The summed E-state index contributed by atoms with van der Waals surface area (Å²) in [6, 6.07) is 7.61. The van der Waals surface area contributed by atoms with E-state index in [9.17, 15) is 4.79 Å². The number of anilines is 3. The van der Waals surface area contributed by atoms with Gasteiger partial charge in [-0.1, -0.05) is 17.7 Å². The molecule has 6 nitrogen and oxygen atoms in total. The maximum absolute atomic E-state index is 10.7. The van der Waals surface area contributed by atoms with Gasteiger partial charge >= 0.3 is 5.97 Å². The molecular weight excluding hydrogens is 316 g/mol. The van der Waals surface area contributed by atoms with Crippen LogP contribution in [-0.4, -0.2) is 27.6 Å². The summed E-state index contributed by atoms with van der Waals surface area (Å²) in [4.78, 5) is 19.4. The molecule has 0 radical (unpaired) electrons. The van der Waals surface area contributed by atoms with E-state index in [1.807, 2.05) is 31.2 Å². The molecule has 0 bridgehead atoms. The fraction of sp³-hybridized carbons (Fsp3) is 0.312. The minimum atomic E-state index is -0.957. The van der Waals surface area contributed by atoms with Gasteiger partial charge in [0.2, 0.25) is 5.95 Å². The van der Waals surface area contributed by atoms with E-state index < -0.39 is 5.97 Å². The molecule has 1 aromatic heterocycles. The Hall–Kier alpha value is -2.34. The zero-order valence-corrected chi connectivity index (χ0v) is 13.4. The van der Waals surface area contributed by atoms with Crippen LogP contribution in [0, 0.1) is 6.92 Å². The van der Waals surface area contributed by atoms with Crippen molar-refractivity contribution in [1.82, 2.24) is 9.97 Å². The van der Waals surface area contributed by atoms with Gasteiger partial charge in [-0.25, -0.2) is 4.98 Å². The zero-order valence-electron chi connectivity index (χ0n) is 12.6. The van der Waals surface area contributed by atoms with Gasteiger partial charge in [-0.15, -0.1) is 0 Å². The highest BCUT2D eigenvalue weighted by atomic mass is 35.5. The Morgan fingerprint density at radius 2 is 2.13 bits per heavy atom. The summed E-state index contributed by atoms with van der Waals surface area (Å²) in [6.07, 6.45) is 2.19. The van der Waals surface area contributed by atoms with Crippen LogP contribution in [0.25, 0.3) is 0 Å². The van der Waals surface area contributed by atoms with E-state index in [1.165, 1.54) is 0 Å². The smallest absolute Gasteiger partial charge is 0.322 e. The molecule has 1 fully saturated rings. The third-order valence-corrected chi connectivity index (χ3v) is 3.84. The molecule has 1 aromatic carbocycles. The Balaban J connectivity index is 1.86. The van der Waals surface area contributed by atoms with Gasteiger partial charge < -0.3 is 15.7 Å². The van der Waals surface area contributed by atoms with Crippen molar-refractivity contribution in [3.05, 3.63) is 40.5 Å². The summed E-state index contributed by atoms with van der Waals surface area (Å²) in [6.45, 7) is 1.75. The normalized spacial score (nSPS) is 13.7. The lowest BCUT2D eigenvalue weighted by atomic mass is 10.2. The fourth-order valence-corrected chi connectivity index (χ4v) is 2.49. The van der Waals surface area contributed by atoms with E-state index in [2.05, 4.69) is 20.6 Å². The minimum absolute atomic E-state index is 0.223. The number of halogens is 1. The number of benzene rings is 1. The highest BCUT2D eigenvalue weighted by Crippen LogP contribution is 2.40. The minimum Gasteiger partial charge on any atom is -0.480 e. The Labute approximate surface area is 138 Å². The van der Waals surface area contributed by atoms with Crippen molar-refractivity contribution >= 4 is 35.0 Å². The van der Waals surface area contributed by atoms with Gasteiger partial charge in [0.1, 0.15) is 12.4 Å². The summed E-state index contributed by atoms with van der Waals surface area (Å²) in [5.74, 6) is 0.377. The Kier molecular flexibility index (Phi) is 4.34. The molecule has 0 spiro atoms. The molecule has 1 aliphatic carbocycles. The SMILES string of the molecule is Cc1ccc(Nc2cc(C3CC3)nc(NCC(=O)O)n2)c(Cl)c1. The quantitative estimate of drug-likeness (QED) is 0.749. The third kappa shape index (κ3) is 4.10. The maximum Gasteiger partial charge on any atom is 0.322 e. The van der Waals surface area contributed by atoms with Crippen LogP contribution in [0.1, 0.15) is 30.0 Å². The van der Waals surface area contributed by atoms with Crippen LogP contribution in [-0.2, 0) is 4.79 Å². The molecular formula is C16H17ClN4O2. The number of nitrogens with one attached hydrogen (secondary N) is 2. The van der Waals surface area contributed by atoms with Gasteiger partial charge in [0, 0.05) is 12.0 Å². The van der Waals surface area contributed by atoms with Crippen LogP contribution in [0.3, 0.4) is 0 Å². The molecule has 0 amide bonds. The Bertz CT molecular complexity index is 747. The summed E-state index contributed by atoms with van der Waals surface area (Å²) < 4.78 is 0. The summed E-state index contributed by atoms with van der Waals surface area (Å²) >= 11 is 6.24. The summed E-state index contributed by atoms with van der Waals surface area (Å²) in [7, 11) is 0. The Morgan fingerprint density at radius 3 is 2.78 bits per heavy atom. The molecule has 1 aliphatic rings. The van der Waals surface area contributed by atoms with Crippen molar-refractivity contribution < 1.29 is 9.90 Å². The fourth-order valence-electron chi connectivity index (χ4n) is 2.21. The predicted octanol–water partition coefficient (Wildman–Crippen LogP) is 3.56. The first kappa shape index (κ1) is 15.6. The largest absolute Gasteiger partial charge is 0.480 e. The standard InChI is InChI=1S/C16H17ClN4O2/c1-9-2-5-12(11(17)6-9)19-14-7-13(10-3-4-10)20-16(21-14)18-8-15(22)23/h2,5-7,10H,3-4,8H2,1H3,(H,22,23)(H2,18,19,20,21). The number of hydrogen-bond donors (Lipinski definition) is 3.